The van der Waals surface area contributed by atoms with E-state index in [4.69, 9.17) is 45.1 Å². The normalized spacial score (nSPS) is 22.5. The molecule has 6 N–H and O–H groups in total. The lowest BCUT2D eigenvalue weighted by molar-refractivity contribution is -0.0401. The molecule has 0 radical (unpaired) electrons. The fraction of sp³-hybridized carbons (Fsp3) is 0.476. The second kappa shape index (κ2) is 9.16. The average Bonchev–Trinajstić information content (AvgIpc) is 2.76. The molecule has 0 spiro atoms. The Morgan fingerprint density at radius 1 is 1.16 bits per heavy atom. The molecule has 3 heterocycles. The highest BCUT2D eigenvalue weighted by atomic mass is 35.5. The summed E-state index contributed by atoms with van der Waals surface area (Å²) in [5.74, 6) is 0.185. The Balaban J connectivity index is 1.59. The molecule has 1 aromatic heterocycles. The van der Waals surface area contributed by atoms with Crippen LogP contribution in [0.4, 0.5) is 11.8 Å². The second-order valence-electron chi connectivity index (χ2n) is 8.06. The number of carbonyl (C=O) groups excluding carboxylic acids is 1. The average molecular weight is 465 g/mol. The number of aromatic nitrogens is 2. The lowest BCUT2D eigenvalue weighted by Crippen LogP contribution is -2.49. The van der Waals surface area contributed by atoms with Crippen LogP contribution in [0.15, 0.2) is 18.2 Å². The zero-order chi connectivity index (χ0) is 22.1. The monoisotopic (exact) mass is 464 g/mol. The van der Waals surface area contributed by atoms with Crippen LogP contribution in [-0.4, -0.2) is 47.7 Å². The third-order valence-electron chi connectivity index (χ3n) is 6.08. The number of anilines is 2. The molecular formula is C21H26Cl2N6O2. The highest BCUT2D eigenvalue weighted by Gasteiger charge is 2.34. The van der Waals surface area contributed by atoms with Crippen LogP contribution in [0.25, 0.3) is 11.1 Å². The summed E-state index contributed by atoms with van der Waals surface area (Å²) in [7, 11) is 0. The van der Waals surface area contributed by atoms with Crippen molar-refractivity contribution in [3.05, 3.63) is 33.9 Å². The maximum Gasteiger partial charge on any atom is 0.268 e. The van der Waals surface area contributed by atoms with Crippen LogP contribution in [0.3, 0.4) is 0 Å². The Kier molecular flexibility index (Phi) is 6.52. The Morgan fingerprint density at radius 3 is 2.58 bits per heavy atom. The van der Waals surface area contributed by atoms with Gasteiger partial charge in [0.1, 0.15) is 11.5 Å². The number of ether oxygens (including phenoxy) is 1. The van der Waals surface area contributed by atoms with Crippen molar-refractivity contribution in [1.29, 1.82) is 0 Å². The van der Waals surface area contributed by atoms with Gasteiger partial charge in [-0.25, -0.2) is 4.98 Å². The third kappa shape index (κ3) is 4.43. The van der Waals surface area contributed by atoms with Crippen LogP contribution in [0.2, 0.25) is 10.0 Å². The van der Waals surface area contributed by atoms with Crippen molar-refractivity contribution < 1.29 is 9.53 Å². The van der Waals surface area contributed by atoms with Crippen molar-refractivity contribution in [2.24, 2.45) is 17.4 Å². The summed E-state index contributed by atoms with van der Waals surface area (Å²) in [5.41, 5.74) is 18.9. The highest BCUT2D eigenvalue weighted by molar-refractivity contribution is 6.44. The van der Waals surface area contributed by atoms with Gasteiger partial charge in [0.15, 0.2) is 0 Å². The second-order valence-corrected chi connectivity index (χ2v) is 8.85. The quantitative estimate of drug-likeness (QED) is 0.632. The minimum absolute atomic E-state index is 0.0198. The van der Waals surface area contributed by atoms with Crippen LogP contribution in [0.1, 0.15) is 36.2 Å². The van der Waals surface area contributed by atoms with Gasteiger partial charge in [-0.15, -0.1) is 0 Å². The van der Waals surface area contributed by atoms with Gasteiger partial charge in [-0.05, 0) is 37.7 Å². The number of carbonyl (C=O) groups is 1. The van der Waals surface area contributed by atoms with E-state index in [-0.39, 0.29) is 28.7 Å². The van der Waals surface area contributed by atoms with Gasteiger partial charge in [-0.2, -0.15) is 4.98 Å². The molecule has 1 amide bonds. The topological polar surface area (TPSA) is 133 Å². The molecule has 4 rings (SSSR count). The summed E-state index contributed by atoms with van der Waals surface area (Å²) >= 11 is 12.5. The Labute approximate surface area is 191 Å². The standard InChI is InChI=1S/C21H26Cl2N6O2/c22-13-4-1-3-12(16(13)23)15-17(20(26)30)27-21(28-19(15)25)29-8-6-11(7-9-29)18-14(24)5-2-10-31-18/h1,3-4,11,14,18H,2,5-10,24H2,(H2,26,30)(H2,25,27,28). The van der Waals surface area contributed by atoms with E-state index in [1.165, 1.54) is 0 Å². The summed E-state index contributed by atoms with van der Waals surface area (Å²) in [6.45, 7) is 2.20. The van der Waals surface area contributed by atoms with Crippen molar-refractivity contribution in [1.82, 2.24) is 9.97 Å². The predicted molar refractivity (Wildman–Crippen MR) is 122 cm³/mol. The van der Waals surface area contributed by atoms with Gasteiger partial charge in [0, 0.05) is 31.3 Å². The first-order chi connectivity index (χ1) is 14.9. The van der Waals surface area contributed by atoms with E-state index in [0.29, 0.717) is 41.1 Å². The molecule has 0 aliphatic carbocycles. The Bertz CT molecular complexity index is 981. The number of halogens is 2. The number of piperidine rings is 1. The first-order valence-electron chi connectivity index (χ1n) is 10.4. The maximum atomic E-state index is 12.2. The number of nitrogen functional groups attached to an aromatic ring is 1. The molecule has 2 unspecified atom stereocenters. The van der Waals surface area contributed by atoms with Crippen LogP contribution in [0, 0.1) is 5.92 Å². The number of benzene rings is 1. The van der Waals surface area contributed by atoms with Gasteiger partial charge >= 0.3 is 0 Å². The number of primary amides is 1. The van der Waals surface area contributed by atoms with Gasteiger partial charge in [0.25, 0.3) is 5.91 Å². The molecule has 0 saturated carbocycles. The van der Waals surface area contributed by atoms with Gasteiger partial charge < -0.3 is 26.8 Å². The minimum atomic E-state index is -0.710. The molecular weight excluding hydrogens is 439 g/mol. The molecule has 8 nitrogen and oxygen atoms in total. The smallest absolute Gasteiger partial charge is 0.268 e. The number of amides is 1. The summed E-state index contributed by atoms with van der Waals surface area (Å²) in [5, 5.41) is 0.600. The van der Waals surface area contributed by atoms with Crippen molar-refractivity contribution >= 4 is 40.9 Å². The number of rotatable bonds is 4. The maximum absolute atomic E-state index is 12.2. The number of hydrogen-bond donors (Lipinski definition) is 3. The van der Waals surface area contributed by atoms with E-state index in [0.717, 1.165) is 32.3 Å². The molecule has 2 fully saturated rings. The highest BCUT2D eigenvalue weighted by Crippen LogP contribution is 2.38. The zero-order valence-corrected chi connectivity index (χ0v) is 18.6. The largest absolute Gasteiger partial charge is 0.383 e. The molecule has 2 atom stereocenters. The molecule has 2 aliphatic rings. The minimum Gasteiger partial charge on any atom is -0.383 e. The fourth-order valence-corrected chi connectivity index (χ4v) is 4.88. The Morgan fingerprint density at radius 2 is 1.90 bits per heavy atom. The lowest BCUT2D eigenvalue weighted by Gasteiger charge is -2.40. The van der Waals surface area contributed by atoms with Crippen molar-refractivity contribution in [2.45, 2.75) is 37.8 Å². The van der Waals surface area contributed by atoms with E-state index in [2.05, 4.69) is 9.97 Å². The van der Waals surface area contributed by atoms with E-state index in [9.17, 15) is 4.79 Å². The van der Waals surface area contributed by atoms with Gasteiger partial charge in [-0.1, -0.05) is 35.3 Å². The van der Waals surface area contributed by atoms with Crippen LogP contribution < -0.4 is 22.1 Å². The van der Waals surface area contributed by atoms with E-state index in [1.807, 2.05) is 4.90 Å². The lowest BCUT2D eigenvalue weighted by atomic mass is 9.85. The van der Waals surface area contributed by atoms with Gasteiger partial charge in [0.2, 0.25) is 5.95 Å². The van der Waals surface area contributed by atoms with Crippen LogP contribution in [0.5, 0.6) is 0 Å². The summed E-state index contributed by atoms with van der Waals surface area (Å²) in [4.78, 5) is 23.2. The van der Waals surface area contributed by atoms with E-state index < -0.39 is 5.91 Å². The van der Waals surface area contributed by atoms with Crippen molar-refractivity contribution in [3.63, 3.8) is 0 Å². The van der Waals surface area contributed by atoms with E-state index >= 15 is 0 Å². The van der Waals surface area contributed by atoms with Crippen molar-refractivity contribution in [2.75, 3.05) is 30.3 Å². The van der Waals surface area contributed by atoms with Crippen LogP contribution in [-0.2, 0) is 4.74 Å². The molecule has 166 valence electrons. The van der Waals surface area contributed by atoms with Gasteiger partial charge in [-0.3, -0.25) is 4.79 Å². The molecule has 2 saturated heterocycles. The SMILES string of the molecule is NC(=O)c1nc(N2CCC(C3OCCCC3N)CC2)nc(N)c1-c1cccc(Cl)c1Cl. The number of hydrogen-bond acceptors (Lipinski definition) is 7. The predicted octanol–water partition coefficient (Wildman–Crippen LogP) is 2.85. The molecule has 10 heteroatoms. The number of nitrogens with zero attached hydrogens (tertiary/aromatic N) is 3. The first kappa shape index (κ1) is 22.1. The Hall–Kier alpha value is -2.13. The van der Waals surface area contributed by atoms with Crippen LogP contribution >= 0.6 is 23.2 Å². The van der Waals surface area contributed by atoms with Crippen molar-refractivity contribution in [3.8, 4) is 11.1 Å². The summed E-state index contributed by atoms with van der Waals surface area (Å²) < 4.78 is 5.95. The zero-order valence-electron chi connectivity index (χ0n) is 17.1. The summed E-state index contributed by atoms with van der Waals surface area (Å²) in [6.07, 6.45) is 3.91. The third-order valence-corrected chi connectivity index (χ3v) is 6.90. The number of nitrogens with two attached hydrogens (primary N) is 3. The van der Waals surface area contributed by atoms with Gasteiger partial charge in [0.05, 0.1) is 21.7 Å². The molecule has 2 aromatic rings. The van der Waals surface area contributed by atoms with E-state index in [1.54, 1.807) is 18.2 Å². The molecule has 2 aliphatic heterocycles. The molecule has 0 bridgehead atoms. The fourth-order valence-electron chi connectivity index (χ4n) is 4.49. The molecule has 31 heavy (non-hydrogen) atoms. The summed E-state index contributed by atoms with van der Waals surface area (Å²) in [6, 6.07) is 5.15. The molecule has 1 aromatic carbocycles. The first-order valence-corrected chi connectivity index (χ1v) is 11.2.